The van der Waals surface area contributed by atoms with Crippen molar-refractivity contribution in [3.8, 4) is 0 Å². The molecule has 2 aliphatic carbocycles. The highest BCUT2D eigenvalue weighted by Gasteiger charge is 2.39. The SMILES string of the molecule is CN(CC1CC2CCC1C2)c1ccc(C(N)=S)cn1. The van der Waals surface area contributed by atoms with E-state index in [0.717, 1.165) is 35.7 Å². The van der Waals surface area contributed by atoms with Crippen LogP contribution in [-0.2, 0) is 0 Å². The summed E-state index contributed by atoms with van der Waals surface area (Å²) in [7, 11) is 2.13. The van der Waals surface area contributed by atoms with Crippen molar-refractivity contribution in [1.82, 2.24) is 4.98 Å². The van der Waals surface area contributed by atoms with Crippen LogP contribution in [0, 0.1) is 17.8 Å². The van der Waals surface area contributed by atoms with E-state index in [4.69, 9.17) is 18.0 Å². The highest BCUT2D eigenvalue weighted by Crippen LogP contribution is 2.48. The third-order valence-electron chi connectivity index (χ3n) is 4.82. The Morgan fingerprint density at radius 2 is 2.26 bits per heavy atom. The Morgan fingerprint density at radius 3 is 2.79 bits per heavy atom. The second kappa shape index (κ2) is 5.08. The third kappa shape index (κ3) is 2.59. The first-order valence-corrected chi connectivity index (χ1v) is 7.51. The van der Waals surface area contributed by atoms with Crippen molar-refractivity contribution in [2.24, 2.45) is 23.5 Å². The van der Waals surface area contributed by atoms with E-state index in [1.807, 2.05) is 12.1 Å². The minimum atomic E-state index is 0.412. The maximum atomic E-state index is 5.59. The number of hydrogen-bond donors (Lipinski definition) is 1. The summed E-state index contributed by atoms with van der Waals surface area (Å²) in [5.41, 5.74) is 6.43. The molecule has 1 aromatic heterocycles. The Bertz CT molecular complexity index is 471. The predicted molar refractivity (Wildman–Crippen MR) is 82.3 cm³/mol. The van der Waals surface area contributed by atoms with Gasteiger partial charge in [0.25, 0.3) is 0 Å². The van der Waals surface area contributed by atoms with Crippen LogP contribution in [0.15, 0.2) is 18.3 Å². The Kier molecular flexibility index (Phi) is 3.44. The third-order valence-corrected chi connectivity index (χ3v) is 5.05. The first-order chi connectivity index (χ1) is 9.13. The van der Waals surface area contributed by atoms with Gasteiger partial charge in [-0.15, -0.1) is 0 Å². The molecule has 0 spiro atoms. The van der Waals surface area contributed by atoms with E-state index in [1.54, 1.807) is 6.20 Å². The highest BCUT2D eigenvalue weighted by molar-refractivity contribution is 7.80. The number of hydrogen-bond acceptors (Lipinski definition) is 3. The zero-order chi connectivity index (χ0) is 13.4. The maximum Gasteiger partial charge on any atom is 0.128 e. The van der Waals surface area contributed by atoms with Gasteiger partial charge >= 0.3 is 0 Å². The number of anilines is 1. The molecule has 2 N–H and O–H groups in total. The zero-order valence-electron chi connectivity index (χ0n) is 11.4. The van der Waals surface area contributed by atoms with Crippen molar-refractivity contribution in [1.29, 1.82) is 0 Å². The molecule has 2 saturated carbocycles. The summed E-state index contributed by atoms with van der Waals surface area (Å²) in [6.07, 6.45) is 7.56. The molecule has 1 heterocycles. The number of fused-ring (bicyclic) bond motifs is 2. The van der Waals surface area contributed by atoms with Gasteiger partial charge < -0.3 is 10.6 Å². The first-order valence-electron chi connectivity index (χ1n) is 7.10. The van der Waals surface area contributed by atoms with Gasteiger partial charge in [-0.05, 0) is 49.1 Å². The lowest BCUT2D eigenvalue weighted by Gasteiger charge is -2.27. The van der Waals surface area contributed by atoms with Crippen molar-refractivity contribution in [2.75, 3.05) is 18.5 Å². The van der Waals surface area contributed by atoms with Crippen LogP contribution in [0.1, 0.15) is 31.2 Å². The molecule has 3 nitrogen and oxygen atoms in total. The molecule has 0 saturated heterocycles. The molecule has 4 heteroatoms. The number of nitrogens with two attached hydrogens (primary N) is 1. The smallest absolute Gasteiger partial charge is 0.128 e. The zero-order valence-corrected chi connectivity index (χ0v) is 12.2. The normalized spacial score (nSPS) is 28.6. The number of pyridine rings is 1. The molecule has 19 heavy (non-hydrogen) atoms. The molecule has 3 unspecified atom stereocenters. The van der Waals surface area contributed by atoms with Gasteiger partial charge in [0.15, 0.2) is 0 Å². The van der Waals surface area contributed by atoms with Gasteiger partial charge in [0.2, 0.25) is 0 Å². The van der Waals surface area contributed by atoms with Crippen LogP contribution < -0.4 is 10.6 Å². The fourth-order valence-corrected chi connectivity index (χ4v) is 3.92. The van der Waals surface area contributed by atoms with Gasteiger partial charge in [0, 0.05) is 25.4 Å². The van der Waals surface area contributed by atoms with E-state index in [2.05, 4.69) is 16.9 Å². The maximum absolute atomic E-state index is 5.59. The highest BCUT2D eigenvalue weighted by atomic mass is 32.1. The Hall–Kier alpha value is -1.16. The Balaban J connectivity index is 1.63. The Morgan fingerprint density at radius 1 is 1.42 bits per heavy atom. The van der Waals surface area contributed by atoms with Crippen LogP contribution in [0.5, 0.6) is 0 Å². The molecular formula is C15H21N3S. The van der Waals surface area contributed by atoms with Gasteiger partial charge in [0.1, 0.15) is 10.8 Å². The number of aromatic nitrogens is 1. The summed E-state index contributed by atoms with van der Waals surface area (Å²) in [4.78, 5) is 7.15. The van der Waals surface area contributed by atoms with Crippen LogP contribution in [0.3, 0.4) is 0 Å². The van der Waals surface area contributed by atoms with E-state index in [9.17, 15) is 0 Å². The minimum absolute atomic E-state index is 0.412. The molecule has 0 aromatic carbocycles. The summed E-state index contributed by atoms with van der Waals surface area (Å²) in [5, 5.41) is 0. The van der Waals surface area contributed by atoms with Gasteiger partial charge in [-0.25, -0.2) is 4.98 Å². The Labute approximate surface area is 120 Å². The van der Waals surface area contributed by atoms with Crippen LogP contribution >= 0.6 is 12.2 Å². The van der Waals surface area contributed by atoms with E-state index >= 15 is 0 Å². The fraction of sp³-hybridized carbons (Fsp3) is 0.600. The molecule has 102 valence electrons. The van der Waals surface area contributed by atoms with Crippen LogP contribution in [-0.4, -0.2) is 23.6 Å². The van der Waals surface area contributed by atoms with Crippen molar-refractivity contribution >= 4 is 23.0 Å². The average Bonchev–Trinajstić information content (AvgIpc) is 3.01. The molecule has 0 amide bonds. The molecule has 2 fully saturated rings. The molecule has 3 atom stereocenters. The molecule has 3 rings (SSSR count). The minimum Gasteiger partial charge on any atom is -0.389 e. The monoisotopic (exact) mass is 275 g/mol. The largest absolute Gasteiger partial charge is 0.389 e. The summed E-state index contributed by atoms with van der Waals surface area (Å²) in [5.74, 6) is 3.85. The van der Waals surface area contributed by atoms with E-state index < -0.39 is 0 Å². The van der Waals surface area contributed by atoms with E-state index in [0.29, 0.717) is 4.99 Å². The average molecular weight is 275 g/mol. The molecule has 2 aliphatic rings. The lowest BCUT2D eigenvalue weighted by atomic mass is 9.88. The van der Waals surface area contributed by atoms with E-state index in [-0.39, 0.29) is 0 Å². The molecule has 0 radical (unpaired) electrons. The number of rotatable bonds is 4. The van der Waals surface area contributed by atoms with Crippen molar-refractivity contribution < 1.29 is 0 Å². The van der Waals surface area contributed by atoms with Gasteiger partial charge in [-0.3, -0.25) is 0 Å². The number of thiocarbonyl (C=S) groups is 1. The summed E-state index contributed by atoms with van der Waals surface area (Å²) >= 11 is 4.95. The van der Waals surface area contributed by atoms with Crippen LogP contribution in [0.2, 0.25) is 0 Å². The summed E-state index contributed by atoms with van der Waals surface area (Å²) < 4.78 is 0. The first kappa shape index (κ1) is 12.9. The lowest BCUT2D eigenvalue weighted by Crippen LogP contribution is -2.29. The van der Waals surface area contributed by atoms with Crippen molar-refractivity contribution in [3.63, 3.8) is 0 Å². The fourth-order valence-electron chi connectivity index (χ4n) is 3.80. The van der Waals surface area contributed by atoms with Gasteiger partial charge in [0.05, 0.1) is 0 Å². The second-order valence-electron chi connectivity index (χ2n) is 6.08. The van der Waals surface area contributed by atoms with Gasteiger partial charge in [-0.1, -0.05) is 18.6 Å². The topological polar surface area (TPSA) is 42.1 Å². The van der Waals surface area contributed by atoms with E-state index in [1.165, 1.54) is 25.7 Å². The molecule has 1 aromatic rings. The summed E-state index contributed by atoms with van der Waals surface area (Å²) in [6.45, 7) is 1.13. The molecular weight excluding hydrogens is 254 g/mol. The van der Waals surface area contributed by atoms with Crippen LogP contribution in [0.4, 0.5) is 5.82 Å². The molecule has 2 bridgehead atoms. The van der Waals surface area contributed by atoms with Crippen molar-refractivity contribution in [2.45, 2.75) is 25.7 Å². The summed E-state index contributed by atoms with van der Waals surface area (Å²) in [6, 6.07) is 3.98. The van der Waals surface area contributed by atoms with Crippen molar-refractivity contribution in [3.05, 3.63) is 23.9 Å². The molecule has 0 aliphatic heterocycles. The standard InChI is InChI=1S/C15H21N3S/c1-18(9-13-7-10-2-3-11(13)6-10)14-5-4-12(8-17-14)15(16)19/h4-5,8,10-11,13H,2-3,6-7,9H2,1H3,(H2,16,19). The predicted octanol–water partition coefficient (Wildman–Crippen LogP) is 2.59. The van der Waals surface area contributed by atoms with Gasteiger partial charge in [-0.2, -0.15) is 0 Å². The second-order valence-corrected chi connectivity index (χ2v) is 6.52. The van der Waals surface area contributed by atoms with Crippen LogP contribution in [0.25, 0.3) is 0 Å². The number of nitrogens with zero attached hydrogens (tertiary/aromatic N) is 2. The lowest BCUT2D eigenvalue weighted by molar-refractivity contribution is 0.337. The quantitative estimate of drug-likeness (QED) is 0.858.